The minimum atomic E-state index is -0.225. The molecule has 0 unspecified atom stereocenters. The normalized spacial score (nSPS) is 11.0. The molecule has 1 aromatic rings. The minimum absolute atomic E-state index is 0.103. The average Bonchev–Trinajstić information content (AvgIpc) is 2.09. The van der Waals surface area contributed by atoms with Crippen LogP contribution < -0.4 is 0 Å². The molecule has 3 heteroatoms. The molecule has 0 radical (unpaired) electrons. The molecular weight excluding hydrogens is 181 g/mol. The lowest BCUT2D eigenvalue weighted by Gasteiger charge is -2.10. The number of methoxy groups -OCH3 is 1. The van der Waals surface area contributed by atoms with Gasteiger partial charge in [0.15, 0.2) is 0 Å². The van der Waals surface area contributed by atoms with E-state index in [4.69, 9.17) is 4.74 Å². The zero-order valence-corrected chi connectivity index (χ0v) is 9.10. The van der Waals surface area contributed by atoms with Gasteiger partial charge in [-0.05, 0) is 24.5 Å². The molecule has 0 aliphatic rings. The van der Waals surface area contributed by atoms with Gasteiger partial charge in [-0.1, -0.05) is 13.8 Å². The summed E-state index contributed by atoms with van der Waals surface area (Å²) in [5, 5.41) is 0. The maximum Gasteiger partial charge on any atom is 0.145 e. The van der Waals surface area contributed by atoms with E-state index in [2.05, 4.69) is 4.98 Å². The highest BCUT2D eigenvalue weighted by Gasteiger charge is 2.11. The molecule has 1 heterocycles. The summed E-state index contributed by atoms with van der Waals surface area (Å²) < 4.78 is 18.4. The van der Waals surface area contributed by atoms with Crippen LogP contribution in [-0.4, -0.2) is 12.1 Å². The number of hydrogen-bond acceptors (Lipinski definition) is 2. The minimum Gasteiger partial charge on any atom is -0.378 e. The number of aromatic nitrogens is 1. The number of nitrogens with zero attached hydrogens (tertiary/aromatic N) is 1. The summed E-state index contributed by atoms with van der Waals surface area (Å²) in [4.78, 5) is 4.26. The third-order valence-corrected chi connectivity index (χ3v) is 2.13. The first-order valence-electron chi connectivity index (χ1n) is 4.71. The Morgan fingerprint density at radius 2 is 2.14 bits per heavy atom. The molecule has 0 fully saturated rings. The zero-order valence-electron chi connectivity index (χ0n) is 9.10. The molecule has 0 saturated carbocycles. The fourth-order valence-electron chi connectivity index (χ4n) is 1.32. The lowest BCUT2D eigenvalue weighted by atomic mass is 10.1. The van der Waals surface area contributed by atoms with Gasteiger partial charge in [-0.2, -0.15) is 0 Å². The number of ether oxygens (including phenoxy) is 1. The van der Waals surface area contributed by atoms with Crippen LogP contribution in [0.5, 0.6) is 0 Å². The highest BCUT2D eigenvalue weighted by molar-refractivity contribution is 5.24. The Morgan fingerprint density at radius 3 is 2.64 bits per heavy atom. The smallest absolute Gasteiger partial charge is 0.145 e. The molecular formula is C11H16FNO. The van der Waals surface area contributed by atoms with Crippen LogP contribution in [0.2, 0.25) is 0 Å². The van der Waals surface area contributed by atoms with Crippen molar-refractivity contribution >= 4 is 0 Å². The first kappa shape index (κ1) is 11.1. The van der Waals surface area contributed by atoms with Gasteiger partial charge in [-0.15, -0.1) is 0 Å². The molecule has 1 rings (SSSR count). The number of rotatable bonds is 3. The first-order chi connectivity index (χ1) is 6.56. The van der Waals surface area contributed by atoms with Crippen molar-refractivity contribution in [3.8, 4) is 0 Å². The largest absolute Gasteiger partial charge is 0.378 e. The molecule has 0 spiro atoms. The SMILES string of the molecule is COCc1nc(C(C)C)c(F)cc1C. The maximum atomic E-state index is 13.4. The summed E-state index contributed by atoms with van der Waals surface area (Å²) in [6, 6.07) is 1.52. The van der Waals surface area contributed by atoms with E-state index in [0.717, 1.165) is 11.3 Å². The highest BCUT2D eigenvalue weighted by atomic mass is 19.1. The van der Waals surface area contributed by atoms with Crippen LogP contribution in [0.25, 0.3) is 0 Å². The van der Waals surface area contributed by atoms with Gasteiger partial charge < -0.3 is 4.74 Å². The van der Waals surface area contributed by atoms with E-state index in [1.54, 1.807) is 7.11 Å². The molecule has 0 N–H and O–H groups in total. The van der Waals surface area contributed by atoms with Gasteiger partial charge in [0.05, 0.1) is 18.0 Å². The molecule has 0 aliphatic heterocycles. The van der Waals surface area contributed by atoms with Crippen LogP contribution in [0.1, 0.15) is 36.7 Å². The fourth-order valence-corrected chi connectivity index (χ4v) is 1.32. The van der Waals surface area contributed by atoms with Gasteiger partial charge in [-0.3, -0.25) is 4.98 Å². The van der Waals surface area contributed by atoms with E-state index in [9.17, 15) is 4.39 Å². The topological polar surface area (TPSA) is 22.1 Å². The molecule has 0 amide bonds. The van der Waals surface area contributed by atoms with E-state index in [1.807, 2.05) is 20.8 Å². The predicted molar refractivity (Wildman–Crippen MR) is 53.7 cm³/mol. The third kappa shape index (κ3) is 2.29. The van der Waals surface area contributed by atoms with Crippen molar-refractivity contribution in [2.45, 2.75) is 33.3 Å². The Balaban J connectivity index is 3.13. The second-order valence-corrected chi connectivity index (χ2v) is 3.71. The van der Waals surface area contributed by atoms with Gasteiger partial charge in [0.2, 0.25) is 0 Å². The molecule has 1 aromatic heterocycles. The lowest BCUT2D eigenvalue weighted by molar-refractivity contribution is 0.180. The summed E-state index contributed by atoms with van der Waals surface area (Å²) >= 11 is 0. The number of halogens is 1. The number of aryl methyl sites for hydroxylation is 1. The van der Waals surface area contributed by atoms with E-state index < -0.39 is 0 Å². The maximum absolute atomic E-state index is 13.4. The van der Waals surface area contributed by atoms with Crippen molar-refractivity contribution in [1.29, 1.82) is 0 Å². The van der Waals surface area contributed by atoms with Crippen molar-refractivity contribution in [3.05, 3.63) is 28.8 Å². The second kappa shape index (κ2) is 4.51. The number of pyridine rings is 1. The number of hydrogen-bond donors (Lipinski definition) is 0. The molecule has 78 valence electrons. The average molecular weight is 197 g/mol. The molecule has 0 atom stereocenters. The van der Waals surface area contributed by atoms with Gasteiger partial charge in [0.1, 0.15) is 5.82 Å². The van der Waals surface area contributed by atoms with E-state index in [1.165, 1.54) is 6.07 Å². The second-order valence-electron chi connectivity index (χ2n) is 3.71. The van der Waals surface area contributed by atoms with Crippen LogP contribution in [0, 0.1) is 12.7 Å². The molecule has 14 heavy (non-hydrogen) atoms. The molecule has 0 aliphatic carbocycles. The standard InChI is InChI=1S/C11H16FNO/c1-7(2)11-9(12)5-8(3)10(13-11)6-14-4/h5,7H,6H2,1-4H3. The van der Waals surface area contributed by atoms with Gasteiger partial charge >= 0.3 is 0 Å². The molecule has 0 saturated heterocycles. The van der Waals surface area contributed by atoms with Crippen molar-refractivity contribution in [1.82, 2.24) is 4.98 Å². The molecule has 0 aromatic carbocycles. The Hall–Kier alpha value is -0.960. The Morgan fingerprint density at radius 1 is 1.50 bits per heavy atom. The highest BCUT2D eigenvalue weighted by Crippen LogP contribution is 2.19. The van der Waals surface area contributed by atoms with Crippen LogP contribution in [0.15, 0.2) is 6.07 Å². The van der Waals surface area contributed by atoms with Gasteiger partial charge in [0.25, 0.3) is 0 Å². The molecule has 2 nitrogen and oxygen atoms in total. The van der Waals surface area contributed by atoms with Crippen LogP contribution in [-0.2, 0) is 11.3 Å². The lowest BCUT2D eigenvalue weighted by Crippen LogP contribution is -2.04. The van der Waals surface area contributed by atoms with E-state index in [-0.39, 0.29) is 11.7 Å². The van der Waals surface area contributed by atoms with E-state index in [0.29, 0.717) is 12.3 Å². The summed E-state index contributed by atoms with van der Waals surface area (Å²) in [5.41, 5.74) is 2.18. The van der Waals surface area contributed by atoms with Crippen molar-refractivity contribution in [2.75, 3.05) is 7.11 Å². The zero-order chi connectivity index (χ0) is 10.7. The monoisotopic (exact) mass is 197 g/mol. The Bertz CT molecular complexity index is 323. The van der Waals surface area contributed by atoms with Gasteiger partial charge in [-0.25, -0.2) is 4.39 Å². The van der Waals surface area contributed by atoms with Crippen molar-refractivity contribution in [3.63, 3.8) is 0 Å². The molecule has 0 bridgehead atoms. The quantitative estimate of drug-likeness (QED) is 0.743. The summed E-state index contributed by atoms with van der Waals surface area (Å²) in [6.45, 7) is 6.13. The van der Waals surface area contributed by atoms with Crippen molar-refractivity contribution < 1.29 is 9.13 Å². The Kier molecular flexibility index (Phi) is 3.58. The fraction of sp³-hybridized carbons (Fsp3) is 0.545. The summed E-state index contributed by atoms with van der Waals surface area (Å²) in [5.74, 6) is -0.122. The summed E-state index contributed by atoms with van der Waals surface area (Å²) in [7, 11) is 1.61. The van der Waals surface area contributed by atoms with Gasteiger partial charge in [0, 0.05) is 7.11 Å². The van der Waals surface area contributed by atoms with Crippen LogP contribution in [0.3, 0.4) is 0 Å². The Labute approximate surface area is 84.1 Å². The van der Waals surface area contributed by atoms with Crippen LogP contribution in [0.4, 0.5) is 4.39 Å². The van der Waals surface area contributed by atoms with Crippen molar-refractivity contribution in [2.24, 2.45) is 0 Å². The predicted octanol–water partition coefficient (Wildman–Crippen LogP) is 2.80. The van der Waals surface area contributed by atoms with E-state index >= 15 is 0 Å². The third-order valence-electron chi connectivity index (χ3n) is 2.13. The van der Waals surface area contributed by atoms with Crippen LogP contribution >= 0.6 is 0 Å². The first-order valence-corrected chi connectivity index (χ1v) is 4.71. The summed E-state index contributed by atoms with van der Waals surface area (Å²) in [6.07, 6.45) is 0.